The largest absolute Gasteiger partial charge is 0.389 e. The van der Waals surface area contributed by atoms with Crippen molar-refractivity contribution in [2.45, 2.75) is 77.7 Å². The molecule has 0 amide bonds. The Labute approximate surface area is 131 Å². The van der Waals surface area contributed by atoms with E-state index in [2.05, 4.69) is 31.2 Å². The Morgan fingerprint density at radius 3 is 2.10 bits per heavy atom. The summed E-state index contributed by atoms with van der Waals surface area (Å²) in [5.74, 6) is 0. The number of rotatable bonds is 11. The highest BCUT2D eigenvalue weighted by Crippen LogP contribution is 2.22. The summed E-state index contributed by atoms with van der Waals surface area (Å²) in [5, 5.41) is 9.63. The first kappa shape index (κ1) is 18.0. The molecule has 1 aromatic carbocycles. The molecule has 0 fully saturated rings. The molecule has 1 heteroatoms. The Kier molecular flexibility index (Phi) is 9.90. The zero-order valence-corrected chi connectivity index (χ0v) is 13.9. The van der Waals surface area contributed by atoms with Gasteiger partial charge in [0.25, 0.3) is 0 Å². The van der Waals surface area contributed by atoms with Crippen LogP contribution in [-0.4, -0.2) is 11.2 Å². The monoisotopic (exact) mass is 288 g/mol. The highest BCUT2D eigenvalue weighted by atomic mass is 16.3. The first-order valence-corrected chi connectivity index (χ1v) is 8.68. The summed E-state index contributed by atoms with van der Waals surface area (Å²) in [6.45, 7) is 4.09. The molecule has 0 aliphatic heterocycles. The molecule has 1 unspecified atom stereocenters. The lowest BCUT2D eigenvalue weighted by Gasteiger charge is -2.09. The van der Waals surface area contributed by atoms with E-state index in [0.29, 0.717) is 0 Å². The number of aliphatic hydroxyl groups excluding tert-OH is 1. The zero-order chi connectivity index (χ0) is 15.3. The summed E-state index contributed by atoms with van der Waals surface area (Å²) in [5.41, 5.74) is 2.54. The zero-order valence-electron chi connectivity index (χ0n) is 13.9. The molecule has 1 atom stereocenters. The van der Waals surface area contributed by atoms with Gasteiger partial charge in [-0.2, -0.15) is 0 Å². The standard InChI is InChI=1S/C20H32O/c1-3-4-5-6-7-8-9-11-16-20(17-18(2)21)19-14-12-10-13-15-19/h10,12-15,17-18,21H,3-9,11,16H2,1-2H3. The molecule has 21 heavy (non-hydrogen) atoms. The summed E-state index contributed by atoms with van der Waals surface area (Å²) < 4.78 is 0. The molecule has 0 aliphatic rings. The number of benzene rings is 1. The summed E-state index contributed by atoms with van der Waals surface area (Å²) in [7, 11) is 0. The van der Waals surface area contributed by atoms with Gasteiger partial charge in [-0.15, -0.1) is 0 Å². The van der Waals surface area contributed by atoms with Gasteiger partial charge in [0.15, 0.2) is 0 Å². The maximum absolute atomic E-state index is 9.63. The van der Waals surface area contributed by atoms with Gasteiger partial charge < -0.3 is 5.11 Å². The van der Waals surface area contributed by atoms with Crippen molar-refractivity contribution in [3.05, 3.63) is 42.0 Å². The second-order valence-electron chi connectivity index (χ2n) is 6.02. The summed E-state index contributed by atoms with van der Waals surface area (Å²) >= 11 is 0. The second-order valence-corrected chi connectivity index (χ2v) is 6.02. The molecule has 0 radical (unpaired) electrons. The summed E-state index contributed by atoms with van der Waals surface area (Å²) in [6.07, 6.45) is 13.4. The number of hydrogen-bond acceptors (Lipinski definition) is 1. The lowest BCUT2D eigenvalue weighted by molar-refractivity contribution is 0.244. The summed E-state index contributed by atoms with van der Waals surface area (Å²) in [6, 6.07) is 10.5. The minimum absolute atomic E-state index is 0.366. The Morgan fingerprint density at radius 1 is 0.952 bits per heavy atom. The van der Waals surface area contributed by atoms with Crippen molar-refractivity contribution < 1.29 is 5.11 Å². The van der Waals surface area contributed by atoms with Gasteiger partial charge in [-0.25, -0.2) is 0 Å². The second kappa shape index (κ2) is 11.6. The van der Waals surface area contributed by atoms with Gasteiger partial charge in [0.2, 0.25) is 0 Å². The Morgan fingerprint density at radius 2 is 1.52 bits per heavy atom. The highest BCUT2D eigenvalue weighted by molar-refractivity contribution is 5.65. The first-order chi connectivity index (χ1) is 10.2. The molecule has 0 spiro atoms. The molecule has 118 valence electrons. The molecule has 1 rings (SSSR count). The van der Waals surface area contributed by atoms with Crippen LogP contribution in [0, 0.1) is 0 Å². The van der Waals surface area contributed by atoms with Crippen LogP contribution in [0.25, 0.3) is 5.57 Å². The van der Waals surface area contributed by atoms with Crippen LogP contribution in [-0.2, 0) is 0 Å². The normalized spacial score (nSPS) is 13.4. The van der Waals surface area contributed by atoms with Crippen LogP contribution in [0.4, 0.5) is 0 Å². The van der Waals surface area contributed by atoms with E-state index in [4.69, 9.17) is 0 Å². The maximum atomic E-state index is 9.63. The number of aliphatic hydroxyl groups is 1. The van der Waals surface area contributed by atoms with E-state index in [1.807, 2.05) is 19.1 Å². The third kappa shape index (κ3) is 8.72. The lowest BCUT2D eigenvalue weighted by Crippen LogP contribution is -1.96. The average molecular weight is 288 g/mol. The van der Waals surface area contributed by atoms with Gasteiger partial charge in [-0.1, -0.05) is 88.3 Å². The van der Waals surface area contributed by atoms with Crippen LogP contribution in [0.5, 0.6) is 0 Å². The van der Waals surface area contributed by atoms with E-state index in [-0.39, 0.29) is 6.10 Å². The predicted molar refractivity (Wildman–Crippen MR) is 93.3 cm³/mol. The predicted octanol–water partition coefficient (Wildman–Crippen LogP) is 5.98. The van der Waals surface area contributed by atoms with Crippen LogP contribution < -0.4 is 0 Å². The molecule has 1 N–H and O–H groups in total. The van der Waals surface area contributed by atoms with Crippen molar-refractivity contribution >= 4 is 5.57 Å². The van der Waals surface area contributed by atoms with Crippen molar-refractivity contribution in [3.8, 4) is 0 Å². The van der Waals surface area contributed by atoms with Crippen LogP contribution >= 0.6 is 0 Å². The van der Waals surface area contributed by atoms with Gasteiger partial charge in [0.1, 0.15) is 0 Å². The van der Waals surface area contributed by atoms with Crippen LogP contribution in [0.3, 0.4) is 0 Å². The fourth-order valence-electron chi connectivity index (χ4n) is 2.72. The summed E-state index contributed by atoms with van der Waals surface area (Å²) in [4.78, 5) is 0. The fourth-order valence-corrected chi connectivity index (χ4v) is 2.72. The van der Waals surface area contributed by atoms with Crippen LogP contribution in [0.15, 0.2) is 36.4 Å². The molecule has 1 aromatic rings. The molecule has 0 aliphatic carbocycles. The van der Waals surface area contributed by atoms with Gasteiger partial charge in [0.05, 0.1) is 6.10 Å². The average Bonchev–Trinajstić information content (AvgIpc) is 2.49. The quantitative estimate of drug-likeness (QED) is 0.496. The van der Waals surface area contributed by atoms with Gasteiger partial charge in [-0.05, 0) is 30.9 Å². The number of hydrogen-bond donors (Lipinski definition) is 1. The van der Waals surface area contributed by atoms with E-state index in [9.17, 15) is 5.11 Å². The smallest absolute Gasteiger partial charge is 0.0698 e. The number of unbranched alkanes of at least 4 members (excludes halogenated alkanes) is 7. The van der Waals surface area contributed by atoms with Gasteiger partial charge in [0, 0.05) is 0 Å². The Bertz CT molecular complexity index is 378. The Hall–Kier alpha value is -1.08. The molecular weight excluding hydrogens is 256 g/mol. The van der Waals surface area contributed by atoms with Crippen molar-refractivity contribution in [1.29, 1.82) is 0 Å². The SMILES string of the molecule is CCCCCCCCCCC(=CC(C)O)c1ccccc1. The van der Waals surface area contributed by atoms with Crippen molar-refractivity contribution in [2.24, 2.45) is 0 Å². The fraction of sp³-hybridized carbons (Fsp3) is 0.600. The van der Waals surface area contributed by atoms with Crippen LogP contribution in [0.2, 0.25) is 0 Å². The molecule has 0 bridgehead atoms. The van der Waals surface area contributed by atoms with E-state index < -0.39 is 0 Å². The minimum atomic E-state index is -0.366. The molecule has 0 heterocycles. The van der Waals surface area contributed by atoms with E-state index in [0.717, 1.165) is 6.42 Å². The van der Waals surface area contributed by atoms with E-state index in [1.165, 1.54) is 62.5 Å². The van der Waals surface area contributed by atoms with Crippen molar-refractivity contribution in [1.82, 2.24) is 0 Å². The highest BCUT2D eigenvalue weighted by Gasteiger charge is 2.03. The Balaban J connectivity index is 2.29. The molecule has 1 nitrogen and oxygen atoms in total. The molecular formula is C20H32O. The third-order valence-corrected chi connectivity index (χ3v) is 3.89. The van der Waals surface area contributed by atoms with E-state index >= 15 is 0 Å². The lowest BCUT2D eigenvalue weighted by atomic mass is 9.97. The van der Waals surface area contributed by atoms with E-state index in [1.54, 1.807) is 0 Å². The van der Waals surface area contributed by atoms with Crippen molar-refractivity contribution in [3.63, 3.8) is 0 Å². The molecule has 0 saturated heterocycles. The first-order valence-electron chi connectivity index (χ1n) is 8.68. The van der Waals surface area contributed by atoms with Crippen LogP contribution in [0.1, 0.15) is 77.2 Å². The van der Waals surface area contributed by atoms with Gasteiger partial charge >= 0.3 is 0 Å². The van der Waals surface area contributed by atoms with Crippen molar-refractivity contribution in [2.75, 3.05) is 0 Å². The van der Waals surface area contributed by atoms with Gasteiger partial charge in [-0.3, -0.25) is 0 Å². The number of allylic oxidation sites excluding steroid dienone is 1. The maximum Gasteiger partial charge on any atom is 0.0698 e. The minimum Gasteiger partial charge on any atom is -0.389 e. The molecule has 0 aromatic heterocycles. The third-order valence-electron chi connectivity index (χ3n) is 3.89. The topological polar surface area (TPSA) is 20.2 Å². The molecule has 0 saturated carbocycles.